The van der Waals surface area contributed by atoms with Crippen molar-refractivity contribution in [2.45, 2.75) is 52.2 Å². The van der Waals surface area contributed by atoms with Crippen LogP contribution in [0, 0.1) is 6.92 Å². The van der Waals surface area contributed by atoms with Gasteiger partial charge in [-0.05, 0) is 69.2 Å². The number of piperidine rings is 1. The second-order valence-electron chi connectivity index (χ2n) is 8.30. The van der Waals surface area contributed by atoms with E-state index < -0.39 is 11.0 Å². The van der Waals surface area contributed by atoms with Crippen molar-refractivity contribution in [2.24, 2.45) is 0 Å². The largest absolute Gasteiger partial charge is 0.444 e. The van der Waals surface area contributed by atoms with Crippen LogP contribution in [0.15, 0.2) is 36.4 Å². The molecule has 2 aromatic carbocycles. The van der Waals surface area contributed by atoms with Gasteiger partial charge in [-0.3, -0.25) is 9.69 Å². The van der Waals surface area contributed by atoms with Gasteiger partial charge in [-0.2, -0.15) is 0 Å². The minimum absolute atomic E-state index is 0.198. The van der Waals surface area contributed by atoms with E-state index in [2.05, 4.69) is 0 Å². The topological polar surface area (TPSA) is 49.9 Å². The first kappa shape index (κ1) is 20.5. The number of carbonyl (C=O) groups is 2. The Bertz CT molecular complexity index is 886. The molecule has 150 valence electrons. The van der Waals surface area contributed by atoms with E-state index in [9.17, 15) is 9.59 Å². The fourth-order valence-corrected chi connectivity index (χ4v) is 4.03. The maximum Gasteiger partial charge on any atom is 0.410 e. The van der Waals surface area contributed by atoms with Crippen LogP contribution in [0.2, 0.25) is 0 Å². The van der Waals surface area contributed by atoms with Gasteiger partial charge in [-0.25, -0.2) is 4.79 Å². The summed E-state index contributed by atoms with van der Waals surface area (Å²) in [5.74, 6) is 0. The van der Waals surface area contributed by atoms with Crippen LogP contribution in [0.4, 0.5) is 15.3 Å². The molecule has 6 heteroatoms. The van der Waals surface area contributed by atoms with E-state index in [0.717, 1.165) is 34.9 Å². The van der Waals surface area contributed by atoms with Crippen LogP contribution >= 0.6 is 11.6 Å². The lowest BCUT2D eigenvalue weighted by Gasteiger charge is -2.39. The minimum atomic E-state index is -0.557. The van der Waals surface area contributed by atoms with Crippen molar-refractivity contribution in [2.75, 3.05) is 18.0 Å². The van der Waals surface area contributed by atoms with Gasteiger partial charge in [0.2, 0.25) is 0 Å². The van der Waals surface area contributed by atoms with Gasteiger partial charge in [0.1, 0.15) is 5.60 Å². The normalized spacial score (nSPS) is 17.5. The Morgan fingerprint density at radius 1 is 1.18 bits per heavy atom. The summed E-state index contributed by atoms with van der Waals surface area (Å²) < 4.78 is 5.51. The minimum Gasteiger partial charge on any atom is -0.444 e. The van der Waals surface area contributed by atoms with Gasteiger partial charge in [0.05, 0.1) is 11.7 Å². The van der Waals surface area contributed by atoms with E-state index >= 15 is 0 Å². The van der Waals surface area contributed by atoms with Crippen molar-refractivity contribution in [3.05, 3.63) is 42.0 Å². The molecule has 3 rings (SSSR count). The highest BCUT2D eigenvalue weighted by atomic mass is 35.5. The fraction of sp³-hybridized carbons (Fsp3) is 0.455. The molecule has 2 aromatic rings. The number of hydrogen-bond acceptors (Lipinski definition) is 3. The second kappa shape index (κ2) is 8.00. The monoisotopic (exact) mass is 402 g/mol. The Balaban J connectivity index is 1.93. The first-order chi connectivity index (χ1) is 13.2. The standard InChI is InChI=1S/C22H27ClN2O3/c1-15-8-5-9-16-10-6-12-18(19(15)16)25(20(23)26)17-11-7-13-24(14-17)21(27)28-22(2,3)4/h5-6,8-10,12,17H,7,11,13-14H2,1-4H3/t17-/m1/s1. The van der Waals surface area contributed by atoms with Crippen molar-refractivity contribution in [3.63, 3.8) is 0 Å². The van der Waals surface area contributed by atoms with Gasteiger partial charge in [-0.1, -0.05) is 30.3 Å². The third-order valence-electron chi connectivity index (χ3n) is 4.95. The molecule has 28 heavy (non-hydrogen) atoms. The molecule has 1 aliphatic rings. The molecular formula is C22H27ClN2O3. The van der Waals surface area contributed by atoms with Crippen LogP contribution in [0.25, 0.3) is 10.8 Å². The van der Waals surface area contributed by atoms with Crippen molar-refractivity contribution in [3.8, 4) is 0 Å². The lowest BCUT2D eigenvalue weighted by atomic mass is 9.99. The number of aryl methyl sites for hydroxylation is 1. The summed E-state index contributed by atoms with van der Waals surface area (Å²) in [6.07, 6.45) is 1.21. The lowest BCUT2D eigenvalue weighted by molar-refractivity contribution is 0.0200. The molecule has 0 unspecified atom stereocenters. The Labute approximate surface area is 171 Å². The number of ether oxygens (including phenoxy) is 1. The van der Waals surface area contributed by atoms with Crippen molar-refractivity contribution >= 4 is 39.5 Å². The van der Waals surface area contributed by atoms with Gasteiger partial charge in [-0.15, -0.1) is 0 Å². The van der Waals surface area contributed by atoms with Crippen LogP contribution in [0.3, 0.4) is 0 Å². The fourth-order valence-electron chi connectivity index (χ4n) is 3.80. The Morgan fingerprint density at radius 2 is 1.86 bits per heavy atom. The van der Waals surface area contributed by atoms with Gasteiger partial charge >= 0.3 is 11.5 Å². The molecule has 1 heterocycles. The average Bonchev–Trinajstić information content (AvgIpc) is 2.61. The SMILES string of the molecule is Cc1cccc2cccc(N(C(=O)Cl)[C@@H]3CCCN(C(=O)OC(C)(C)C)C3)c12. The molecule has 1 fully saturated rings. The van der Waals surface area contributed by atoms with Crippen molar-refractivity contribution in [1.82, 2.24) is 4.90 Å². The highest BCUT2D eigenvalue weighted by molar-refractivity contribution is 6.66. The number of halogens is 1. The second-order valence-corrected chi connectivity index (χ2v) is 8.62. The molecule has 1 saturated heterocycles. The van der Waals surface area contributed by atoms with Gasteiger partial charge in [0.25, 0.3) is 0 Å². The quantitative estimate of drug-likeness (QED) is 0.477. The summed E-state index contributed by atoms with van der Waals surface area (Å²) in [4.78, 5) is 28.3. The highest BCUT2D eigenvalue weighted by Crippen LogP contribution is 2.33. The van der Waals surface area contributed by atoms with E-state index in [4.69, 9.17) is 16.3 Å². The number of fused-ring (bicyclic) bond motifs is 1. The molecule has 2 amide bonds. The molecule has 1 atom stereocenters. The molecule has 5 nitrogen and oxygen atoms in total. The first-order valence-corrected chi connectivity index (χ1v) is 10.00. The molecule has 0 aromatic heterocycles. The Morgan fingerprint density at radius 3 is 2.50 bits per heavy atom. The van der Waals surface area contributed by atoms with Crippen LogP contribution in [0.1, 0.15) is 39.2 Å². The number of likely N-dealkylation sites (tertiary alicyclic amines) is 1. The number of hydrogen-bond donors (Lipinski definition) is 0. The zero-order valence-corrected chi connectivity index (χ0v) is 17.6. The van der Waals surface area contributed by atoms with E-state index in [1.165, 1.54) is 0 Å². The maximum absolute atomic E-state index is 12.5. The zero-order chi connectivity index (χ0) is 20.5. The van der Waals surface area contributed by atoms with Gasteiger partial charge in [0, 0.05) is 18.5 Å². The lowest BCUT2D eigenvalue weighted by Crippen LogP contribution is -2.51. The van der Waals surface area contributed by atoms with Crippen LogP contribution in [-0.2, 0) is 4.74 Å². The van der Waals surface area contributed by atoms with E-state index in [1.54, 1.807) is 9.80 Å². The van der Waals surface area contributed by atoms with Crippen LogP contribution in [0.5, 0.6) is 0 Å². The summed E-state index contributed by atoms with van der Waals surface area (Å²) in [5.41, 5.74) is 1.31. The molecule has 0 radical (unpaired) electrons. The summed E-state index contributed by atoms with van der Waals surface area (Å²) in [7, 11) is 0. The first-order valence-electron chi connectivity index (χ1n) is 9.62. The molecule has 0 saturated carbocycles. The summed E-state index contributed by atoms with van der Waals surface area (Å²) in [6, 6.07) is 11.7. The summed E-state index contributed by atoms with van der Waals surface area (Å²) in [5, 5.41) is 1.53. The molecule has 0 N–H and O–H groups in total. The number of carbonyl (C=O) groups excluding carboxylic acids is 2. The Kier molecular flexibility index (Phi) is 5.84. The number of nitrogens with zero attached hydrogens (tertiary/aromatic N) is 2. The molecule has 0 spiro atoms. The number of rotatable bonds is 2. The number of amides is 2. The van der Waals surface area contributed by atoms with E-state index in [1.807, 2.05) is 64.1 Å². The third kappa shape index (κ3) is 4.41. The predicted octanol–water partition coefficient (Wildman–Crippen LogP) is 5.71. The molecule has 0 aliphatic carbocycles. The van der Waals surface area contributed by atoms with Crippen LogP contribution < -0.4 is 4.90 Å². The van der Waals surface area contributed by atoms with E-state index in [0.29, 0.717) is 13.1 Å². The van der Waals surface area contributed by atoms with Crippen molar-refractivity contribution in [1.29, 1.82) is 0 Å². The van der Waals surface area contributed by atoms with Crippen LogP contribution in [-0.4, -0.2) is 41.1 Å². The van der Waals surface area contributed by atoms with E-state index in [-0.39, 0.29) is 12.1 Å². The zero-order valence-electron chi connectivity index (χ0n) is 16.9. The number of anilines is 1. The van der Waals surface area contributed by atoms with Gasteiger partial charge in [0.15, 0.2) is 0 Å². The summed E-state index contributed by atoms with van der Waals surface area (Å²) in [6.45, 7) is 8.58. The summed E-state index contributed by atoms with van der Waals surface area (Å²) >= 11 is 6.05. The molecule has 1 aliphatic heterocycles. The highest BCUT2D eigenvalue weighted by Gasteiger charge is 2.33. The van der Waals surface area contributed by atoms with Gasteiger partial charge < -0.3 is 9.64 Å². The molecule has 0 bridgehead atoms. The Hall–Kier alpha value is -2.27. The number of benzene rings is 2. The maximum atomic E-state index is 12.5. The predicted molar refractivity (Wildman–Crippen MR) is 113 cm³/mol. The smallest absolute Gasteiger partial charge is 0.410 e. The third-order valence-corrected chi connectivity index (χ3v) is 5.14. The van der Waals surface area contributed by atoms with Crippen molar-refractivity contribution < 1.29 is 14.3 Å². The molecular weight excluding hydrogens is 376 g/mol. The average molecular weight is 403 g/mol.